The molecule has 0 saturated carbocycles. The first kappa shape index (κ1) is 6.83. The number of aliphatic carboxylic acids is 1. The first-order valence-corrected chi connectivity index (χ1v) is 4.99. The second-order valence-corrected chi connectivity index (χ2v) is 4.17. The SMILES string of the molecule is O=C(O)C1=Nc2[se]ccc2C1. The summed E-state index contributed by atoms with van der Waals surface area (Å²) in [5.74, 6) is -0.886. The van der Waals surface area contributed by atoms with Crippen molar-refractivity contribution in [1.82, 2.24) is 0 Å². The number of hydrogen-bond donors (Lipinski definition) is 1. The van der Waals surface area contributed by atoms with Gasteiger partial charge in [-0.05, 0) is 0 Å². The summed E-state index contributed by atoms with van der Waals surface area (Å²) in [5, 5.41) is 8.59. The molecule has 1 N–H and O–H groups in total. The number of hydrogen-bond acceptors (Lipinski definition) is 2. The van der Waals surface area contributed by atoms with E-state index in [1.165, 1.54) is 0 Å². The van der Waals surface area contributed by atoms with Crippen LogP contribution in [0.5, 0.6) is 0 Å². The van der Waals surface area contributed by atoms with Crippen molar-refractivity contribution in [2.75, 3.05) is 0 Å². The van der Waals surface area contributed by atoms with Crippen molar-refractivity contribution >= 4 is 30.7 Å². The van der Waals surface area contributed by atoms with E-state index in [9.17, 15) is 4.79 Å². The number of carboxylic acids is 1. The van der Waals surface area contributed by atoms with Gasteiger partial charge in [-0.15, -0.1) is 0 Å². The Hall–Kier alpha value is -0.861. The van der Waals surface area contributed by atoms with Gasteiger partial charge >= 0.3 is 68.6 Å². The van der Waals surface area contributed by atoms with Crippen molar-refractivity contribution in [3.05, 3.63) is 16.6 Å². The number of aliphatic imine (C=N–C) groups is 1. The van der Waals surface area contributed by atoms with E-state index in [1.54, 1.807) is 0 Å². The van der Waals surface area contributed by atoms with Gasteiger partial charge in [0.15, 0.2) is 0 Å². The summed E-state index contributed by atoms with van der Waals surface area (Å²) in [4.78, 5) is 16.5. The average Bonchev–Trinajstić information content (AvgIpc) is 2.40. The van der Waals surface area contributed by atoms with E-state index in [0.717, 1.165) is 10.1 Å². The predicted molar refractivity (Wildman–Crippen MR) is 41.8 cm³/mol. The van der Waals surface area contributed by atoms with E-state index in [1.807, 2.05) is 6.07 Å². The van der Waals surface area contributed by atoms with Gasteiger partial charge < -0.3 is 0 Å². The van der Waals surface area contributed by atoms with Crippen molar-refractivity contribution in [3.63, 3.8) is 0 Å². The van der Waals surface area contributed by atoms with Crippen LogP contribution in [0.3, 0.4) is 0 Å². The number of nitrogens with zero attached hydrogens (tertiary/aromatic N) is 1. The van der Waals surface area contributed by atoms with E-state index in [-0.39, 0.29) is 14.5 Å². The van der Waals surface area contributed by atoms with Crippen LogP contribution in [0.2, 0.25) is 0 Å². The third-order valence-electron chi connectivity index (χ3n) is 1.56. The maximum absolute atomic E-state index is 10.5. The van der Waals surface area contributed by atoms with Gasteiger partial charge in [0.05, 0.1) is 0 Å². The normalized spacial score (nSPS) is 14.4. The van der Waals surface area contributed by atoms with Gasteiger partial charge in [-0.3, -0.25) is 0 Å². The summed E-state index contributed by atoms with van der Waals surface area (Å²) in [7, 11) is 0. The maximum atomic E-state index is 10.5. The minimum atomic E-state index is -0.886. The molecule has 0 aromatic carbocycles. The van der Waals surface area contributed by atoms with Gasteiger partial charge in [0.25, 0.3) is 0 Å². The molecule has 3 nitrogen and oxygen atoms in total. The molecule has 0 saturated heterocycles. The topological polar surface area (TPSA) is 49.7 Å². The first-order valence-electron chi connectivity index (χ1n) is 3.14. The molecule has 56 valence electrons. The van der Waals surface area contributed by atoms with Crippen LogP contribution in [0.1, 0.15) is 5.56 Å². The standard InChI is InChI=1S/C7H5NO2Se/c9-7(10)5-3-4-1-2-11-6(4)8-5/h1-2H,3H2,(H,9,10). The Morgan fingerprint density at radius 3 is 3.18 bits per heavy atom. The van der Waals surface area contributed by atoms with Crippen LogP contribution in [0, 0.1) is 0 Å². The summed E-state index contributed by atoms with van der Waals surface area (Å²) in [6.07, 6.45) is 0.517. The molecule has 2 rings (SSSR count). The summed E-state index contributed by atoms with van der Waals surface area (Å²) < 4.78 is 0.995. The number of carboxylic acid groups (broad SMARTS) is 1. The molecular weight excluding hydrogens is 209 g/mol. The van der Waals surface area contributed by atoms with E-state index >= 15 is 0 Å². The molecule has 1 aliphatic heterocycles. The van der Waals surface area contributed by atoms with Crippen LogP contribution in [0.25, 0.3) is 0 Å². The number of fused-ring (bicyclic) bond motifs is 1. The zero-order chi connectivity index (χ0) is 7.84. The zero-order valence-electron chi connectivity index (χ0n) is 5.57. The average molecular weight is 214 g/mol. The van der Waals surface area contributed by atoms with E-state index in [4.69, 9.17) is 5.11 Å². The van der Waals surface area contributed by atoms with E-state index in [0.29, 0.717) is 12.1 Å². The molecule has 0 unspecified atom stereocenters. The van der Waals surface area contributed by atoms with Crippen LogP contribution in [0.15, 0.2) is 16.0 Å². The fourth-order valence-electron chi connectivity index (χ4n) is 1.03. The summed E-state index contributed by atoms with van der Waals surface area (Å²) in [6, 6.07) is 1.98. The fraction of sp³-hybridized carbons (Fsp3) is 0.143. The van der Waals surface area contributed by atoms with Gasteiger partial charge in [0.1, 0.15) is 0 Å². The van der Waals surface area contributed by atoms with Crippen LogP contribution < -0.4 is 0 Å². The molecule has 2 heterocycles. The van der Waals surface area contributed by atoms with Crippen LogP contribution >= 0.6 is 0 Å². The molecule has 0 atom stereocenters. The summed E-state index contributed by atoms with van der Waals surface area (Å²) in [6.45, 7) is 0. The Morgan fingerprint density at radius 1 is 1.73 bits per heavy atom. The Balaban J connectivity index is 2.38. The van der Waals surface area contributed by atoms with Gasteiger partial charge in [-0.2, -0.15) is 0 Å². The molecule has 0 aliphatic carbocycles. The predicted octanol–water partition coefficient (Wildman–Crippen LogP) is 0.457. The summed E-state index contributed by atoms with van der Waals surface area (Å²) >= 11 is 0.284. The fourth-order valence-corrected chi connectivity index (χ4v) is 2.74. The van der Waals surface area contributed by atoms with Crippen LogP contribution in [-0.2, 0) is 11.2 Å². The van der Waals surface area contributed by atoms with E-state index in [2.05, 4.69) is 9.93 Å². The molecule has 0 amide bonds. The van der Waals surface area contributed by atoms with Crippen LogP contribution in [-0.4, -0.2) is 31.3 Å². The molecule has 1 aromatic rings. The molecule has 0 radical (unpaired) electrons. The van der Waals surface area contributed by atoms with Gasteiger partial charge in [-0.1, -0.05) is 0 Å². The second-order valence-electron chi connectivity index (χ2n) is 2.29. The van der Waals surface area contributed by atoms with Crippen LogP contribution in [0.4, 0.5) is 4.56 Å². The van der Waals surface area contributed by atoms with Gasteiger partial charge in [-0.25, -0.2) is 0 Å². The number of carbonyl (C=O) groups is 1. The minimum absolute atomic E-state index is 0.284. The molecule has 11 heavy (non-hydrogen) atoms. The Bertz CT molecular complexity index is 340. The molecule has 4 heteroatoms. The van der Waals surface area contributed by atoms with E-state index < -0.39 is 5.97 Å². The second kappa shape index (κ2) is 2.32. The van der Waals surface area contributed by atoms with Crippen molar-refractivity contribution in [3.8, 4) is 0 Å². The van der Waals surface area contributed by atoms with Crippen molar-refractivity contribution in [2.45, 2.75) is 6.42 Å². The Labute approximate surface area is 69.1 Å². The Kier molecular flexibility index (Phi) is 1.44. The first-order chi connectivity index (χ1) is 5.27. The molecule has 1 aromatic heterocycles. The van der Waals surface area contributed by atoms with Crippen molar-refractivity contribution in [2.24, 2.45) is 4.99 Å². The third kappa shape index (κ3) is 1.04. The monoisotopic (exact) mass is 215 g/mol. The molecule has 0 spiro atoms. The van der Waals surface area contributed by atoms with Gasteiger partial charge in [0, 0.05) is 0 Å². The summed E-state index contributed by atoms with van der Waals surface area (Å²) in [5.41, 5.74) is 1.39. The third-order valence-corrected chi connectivity index (χ3v) is 3.35. The number of rotatable bonds is 1. The molecule has 1 aliphatic rings. The Morgan fingerprint density at radius 2 is 2.55 bits per heavy atom. The zero-order valence-corrected chi connectivity index (χ0v) is 7.29. The van der Waals surface area contributed by atoms with Gasteiger partial charge in [0.2, 0.25) is 0 Å². The molecular formula is C7H5NO2Se. The quantitative estimate of drug-likeness (QED) is 0.690. The van der Waals surface area contributed by atoms with Crippen molar-refractivity contribution in [1.29, 1.82) is 0 Å². The van der Waals surface area contributed by atoms with Crippen molar-refractivity contribution < 1.29 is 9.90 Å². The molecule has 0 fully saturated rings. The molecule has 0 bridgehead atoms.